The lowest BCUT2D eigenvalue weighted by Crippen LogP contribution is -2.43. The van der Waals surface area contributed by atoms with Gasteiger partial charge in [-0.05, 0) is 50.3 Å². The number of imide groups is 1. The van der Waals surface area contributed by atoms with E-state index < -0.39 is 78.4 Å². The predicted molar refractivity (Wildman–Crippen MR) is 309 cm³/mol. The number of benzene rings is 1. The zero-order valence-corrected chi connectivity index (χ0v) is 48.9. The van der Waals surface area contributed by atoms with E-state index in [0.717, 1.165) is 34.0 Å². The molecule has 10 bridgehead atoms. The van der Waals surface area contributed by atoms with Gasteiger partial charge >= 0.3 is 18.1 Å². The Balaban J connectivity index is 0.940. The van der Waals surface area contributed by atoms with E-state index in [9.17, 15) is 43.8 Å². The van der Waals surface area contributed by atoms with Crippen LogP contribution in [-0.2, 0) is 19.1 Å². The second-order valence-corrected chi connectivity index (χ2v) is 25.2. The van der Waals surface area contributed by atoms with Crippen molar-refractivity contribution in [3.05, 3.63) is 112 Å². The first-order valence-electron chi connectivity index (χ1n) is 25.7. The summed E-state index contributed by atoms with van der Waals surface area (Å²) in [6.45, 7) is 3.29. The van der Waals surface area contributed by atoms with Gasteiger partial charge in [-0.1, -0.05) is 37.3 Å². The van der Waals surface area contributed by atoms with Crippen molar-refractivity contribution in [1.82, 2.24) is 55.7 Å². The predicted octanol–water partition coefficient (Wildman–Crippen LogP) is 7.85. The minimum atomic E-state index is -1.39. The quantitative estimate of drug-likeness (QED) is 0.0712. The summed E-state index contributed by atoms with van der Waals surface area (Å²) in [5, 5.41) is 43.9. The largest absolute Gasteiger partial charge is 0.469 e. The van der Waals surface area contributed by atoms with Crippen molar-refractivity contribution in [1.29, 1.82) is 0 Å². The summed E-state index contributed by atoms with van der Waals surface area (Å²) >= 11 is 6.89. The van der Waals surface area contributed by atoms with Crippen LogP contribution in [0.25, 0.3) is 43.4 Å². The third kappa shape index (κ3) is 12.2. The Morgan fingerprint density at radius 2 is 1.41 bits per heavy atom. The monoisotopic (exact) mass is 1240 g/mol. The molecule has 0 unspecified atom stereocenters. The van der Waals surface area contributed by atoms with Crippen molar-refractivity contribution in [3.63, 3.8) is 0 Å². The van der Waals surface area contributed by atoms with Crippen LogP contribution in [0.15, 0.2) is 69.4 Å². The Bertz CT molecular complexity index is 3790. The molecule has 7 aromatic heterocycles. The number of thiazole rings is 6. The van der Waals surface area contributed by atoms with Crippen molar-refractivity contribution in [2.45, 2.75) is 82.4 Å². The van der Waals surface area contributed by atoms with Crippen molar-refractivity contribution >= 4 is 116 Å². The van der Waals surface area contributed by atoms with Gasteiger partial charge in [-0.3, -0.25) is 34.6 Å². The molecule has 428 valence electrons. The number of aromatic nitrogens is 7. The Morgan fingerprint density at radius 3 is 2.18 bits per heavy atom. The fourth-order valence-corrected chi connectivity index (χ4v) is 15.1. The van der Waals surface area contributed by atoms with Gasteiger partial charge < -0.3 is 41.0 Å². The number of urea groups is 1. The second kappa shape index (κ2) is 24.2. The number of carbonyl (C=O) groups is 7. The fourth-order valence-electron chi connectivity index (χ4n) is 9.84. The van der Waals surface area contributed by atoms with E-state index in [-0.39, 0.29) is 57.5 Å². The van der Waals surface area contributed by atoms with E-state index in [1.54, 1.807) is 77.8 Å². The maximum atomic E-state index is 14.3. The molecular formula is C53H49N13O11S6. The molecule has 1 aromatic carbocycles. The third-order valence-electron chi connectivity index (χ3n) is 14.1. The van der Waals surface area contributed by atoms with Crippen LogP contribution in [0.1, 0.15) is 120 Å². The minimum absolute atomic E-state index is 0.0186. The van der Waals surface area contributed by atoms with Gasteiger partial charge in [0.2, 0.25) is 5.91 Å². The van der Waals surface area contributed by atoms with Gasteiger partial charge in [0.15, 0.2) is 0 Å². The molecule has 8 aromatic rings. The van der Waals surface area contributed by atoms with E-state index in [1.165, 1.54) is 51.4 Å². The number of rotatable bonds is 8. The summed E-state index contributed by atoms with van der Waals surface area (Å²) in [5.74, 6) is -3.86. The molecule has 1 aliphatic carbocycles. The molecule has 30 heteroatoms. The Morgan fingerprint density at radius 1 is 0.735 bits per heavy atom. The lowest BCUT2D eigenvalue weighted by Gasteiger charge is -2.26. The number of amides is 7. The Labute approximate surface area is 495 Å². The molecule has 2 aliphatic heterocycles. The van der Waals surface area contributed by atoms with E-state index in [0.29, 0.717) is 84.5 Å². The number of aliphatic hydroxyl groups excluding tert-OH is 2. The van der Waals surface area contributed by atoms with Crippen LogP contribution in [0.2, 0.25) is 0 Å². The highest BCUT2D eigenvalue weighted by molar-refractivity contribution is 7.15. The summed E-state index contributed by atoms with van der Waals surface area (Å²) < 4.78 is 10.5. The number of pyridine rings is 1. The van der Waals surface area contributed by atoms with Crippen molar-refractivity contribution in [2.24, 2.45) is 17.6 Å². The summed E-state index contributed by atoms with van der Waals surface area (Å²) in [5.41, 5.74) is 7.96. The normalized spacial score (nSPS) is 21.5. The highest BCUT2D eigenvalue weighted by Gasteiger charge is 2.44. The number of hydrogen-bond donors (Lipinski definition) is 7. The smallest absolute Gasteiger partial charge is 0.413 e. The van der Waals surface area contributed by atoms with Gasteiger partial charge in [0.05, 0.1) is 43.3 Å². The number of fused-ring (bicyclic) bond motifs is 16. The molecular weight excluding hydrogens is 1190 g/mol. The van der Waals surface area contributed by atoms with Crippen molar-refractivity contribution in [3.8, 4) is 43.4 Å². The Kier molecular flexibility index (Phi) is 16.6. The molecule has 3 aliphatic rings. The number of ether oxygens (including phenoxy) is 2. The first-order valence-corrected chi connectivity index (χ1v) is 31.0. The van der Waals surface area contributed by atoms with Gasteiger partial charge in [-0.25, -0.2) is 44.5 Å². The number of anilines is 1. The number of esters is 1. The van der Waals surface area contributed by atoms with Gasteiger partial charge in [-0.15, -0.1) is 68.0 Å². The average molecular weight is 1240 g/mol. The number of carbonyl (C=O) groups excluding carboxylic acids is 7. The molecule has 24 nitrogen and oxygen atoms in total. The van der Waals surface area contributed by atoms with E-state index in [1.807, 2.05) is 0 Å². The number of primary amides is 1. The van der Waals surface area contributed by atoms with Crippen LogP contribution in [0.3, 0.4) is 0 Å². The highest BCUT2D eigenvalue weighted by atomic mass is 32.1. The van der Waals surface area contributed by atoms with Crippen LogP contribution in [0.4, 0.5) is 15.4 Å². The number of methoxy groups -OCH3 is 1. The number of aliphatic hydroxyl groups is 2. The summed E-state index contributed by atoms with van der Waals surface area (Å²) in [4.78, 5) is 129. The molecule has 1 saturated carbocycles. The summed E-state index contributed by atoms with van der Waals surface area (Å²) in [6.07, 6.45) is -1.73. The first kappa shape index (κ1) is 57.0. The number of aryl methyl sites for hydroxylation is 1. The molecule has 0 spiro atoms. The summed E-state index contributed by atoms with van der Waals surface area (Å²) in [7, 11) is 1.35. The minimum Gasteiger partial charge on any atom is -0.469 e. The molecule has 8 N–H and O–H groups in total. The van der Waals surface area contributed by atoms with E-state index in [4.69, 9.17) is 35.1 Å². The van der Waals surface area contributed by atoms with Crippen molar-refractivity contribution < 1.29 is 53.2 Å². The first-order chi connectivity index (χ1) is 40.0. The molecule has 11 rings (SSSR count). The summed E-state index contributed by atoms with van der Waals surface area (Å²) in [6, 6.07) is 8.04. The number of hydrogen-bond acceptors (Lipinski definition) is 24. The van der Waals surface area contributed by atoms with Crippen LogP contribution < -0.4 is 27.0 Å². The van der Waals surface area contributed by atoms with E-state index in [2.05, 4.69) is 36.2 Å². The highest BCUT2D eigenvalue weighted by Crippen LogP contribution is 2.43. The zero-order chi connectivity index (χ0) is 58.2. The zero-order valence-electron chi connectivity index (χ0n) is 44.0. The molecule has 9 heterocycles. The van der Waals surface area contributed by atoms with Gasteiger partial charge in [0, 0.05) is 49.8 Å². The standard InChI is InChI=1S/C53H49N13O11S6/c1-22-34(67)16-66-40(22)50-60-33(20-81-50)47-57-30(17-79-47)38-27(13-14-28(55-38)46-61-36(21-82-46)62-53(75)77-26-11-9-25(10-12-26)51(73)76-3)45-58-31(18-78-45)42(70)56-29(15-35(54)68)48-64-37(23(2)83-48)44(72)63-39(41(69)24-7-5-4-6-8-24)49-59-32(19-80-49)43(71)65-52(66)74/h4-8,13-14,17-22,25-26,29,34,39-41,67,69H,9-12,15-16H2,1-3H3,(H2,54,68)(H,56,70)(H,62,75)(H,63,72)(H,65,71,74)/t22-,25-,26-,29-,34-,39-,40-,41+/m0/s1. The Hall–Kier alpha value is -7.84. The lowest BCUT2D eigenvalue weighted by atomic mass is 9.87. The van der Waals surface area contributed by atoms with Gasteiger partial charge in [-0.2, -0.15) is 0 Å². The van der Waals surface area contributed by atoms with Gasteiger partial charge in [0.1, 0.15) is 88.3 Å². The molecule has 2 fully saturated rings. The third-order valence-corrected chi connectivity index (χ3v) is 19.7. The topological polar surface area (TPSA) is 346 Å². The SMILES string of the molecule is COC(=O)[C@H]1CC[C@H](OC(=O)Nc2csc(-c3ccc4c(n3)-c3csc(n3)-c3csc(n3)[C@@H]3[C@@H](C)[C@@H](O)CN3C(=O)NC(=O)c3csc(n3)[C@H]([C@H](O)c3ccccc3)NC(=O)c3nc(sc3C)[C@H](CC(N)=O)NC(=O)c3csc-4n3)n2)CC1. The second-order valence-electron chi connectivity index (χ2n) is 19.6. The molecule has 6 atom stereocenters. The van der Waals surface area contributed by atoms with Gasteiger partial charge in [0.25, 0.3) is 17.7 Å². The van der Waals surface area contributed by atoms with Crippen LogP contribution >= 0.6 is 68.0 Å². The maximum Gasteiger partial charge on any atom is 0.413 e. The van der Waals surface area contributed by atoms with Crippen LogP contribution in [0.5, 0.6) is 0 Å². The fraction of sp³-hybridized carbons (Fsp3) is 0.321. The number of nitrogens with one attached hydrogen (secondary N) is 4. The van der Waals surface area contributed by atoms with E-state index >= 15 is 0 Å². The lowest BCUT2D eigenvalue weighted by molar-refractivity contribution is -0.147. The van der Waals surface area contributed by atoms with Crippen molar-refractivity contribution in [2.75, 3.05) is 19.0 Å². The molecule has 7 amide bonds. The average Bonchev–Trinajstić information content (AvgIpc) is 4.54. The molecule has 0 radical (unpaired) electrons. The number of nitrogens with zero attached hydrogens (tertiary/aromatic N) is 8. The van der Waals surface area contributed by atoms with Crippen LogP contribution in [-0.4, -0.2) is 118 Å². The maximum absolute atomic E-state index is 14.3. The van der Waals surface area contributed by atoms with Crippen LogP contribution in [0, 0.1) is 18.8 Å². The molecule has 83 heavy (non-hydrogen) atoms. The molecule has 1 saturated heterocycles. The number of nitrogens with two attached hydrogens (primary N) is 1.